The number of piperidine rings is 1. The average molecular weight is 358 g/mol. The summed E-state index contributed by atoms with van der Waals surface area (Å²) in [5.74, 6) is -0.663. The van der Waals surface area contributed by atoms with Crippen molar-refractivity contribution >= 4 is 15.9 Å². The number of rotatable bonds is 4. The molecule has 1 saturated heterocycles. The lowest BCUT2D eigenvalue weighted by atomic mass is 10.0. The molecule has 0 aromatic heterocycles. The topological polar surface area (TPSA) is 80.7 Å². The Labute approximate surface area is 148 Å². The fourth-order valence-corrected chi connectivity index (χ4v) is 3.95. The van der Waals surface area contributed by atoms with Gasteiger partial charge in [0.2, 0.25) is 0 Å². The van der Waals surface area contributed by atoms with Gasteiger partial charge in [-0.3, -0.25) is 4.55 Å². The summed E-state index contributed by atoms with van der Waals surface area (Å²) in [5, 5.41) is 12.2. The Morgan fingerprint density at radius 3 is 2.00 bits per heavy atom. The molecule has 0 aliphatic carbocycles. The van der Waals surface area contributed by atoms with E-state index < -0.39 is 20.9 Å². The van der Waals surface area contributed by atoms with E-state index in [1.165, 1.54) is 4.90 Å². The average Bonchev–Trinajstić information content (AvgIpc) is 2.62. The van der Waals surface area contributed by atoms with Gasteiger partial charge in [-0.15, -0.1) is 0 Å². The number of hydrogen-bond acceptors (Lipinski definition) is 4. The zero-order chi connectivity index (χ0) is 17.9. The van der Waals surface area contributed by atoms with Crippen LogP contribution in [0.4, 0.5) is 0 Å². The number of benzene rings is 2. The summed E-state index contributed by atoms with van der Waals surface area (Å²) < 4.78 is 33.1. The molecule has 0 radical (unpaired) electrons. The van der Waals surface area contributed by atoms with E-state index in [-0.39, 0.29) is 5.56 Å². The highest BCUT2D eigenvalue weighted by Gasteiger charge is 2.24. The Hall–Kier alpha value is -2.31. The zero-order valence-corrected chi connectivity index (χ0v) is 14.6. The first-order valence-corrected chi connectivity index (χ1v) is 9.70. The van der Waals surface area contributed by atoms with Crippen LogP contribution in [0.15, 0.2) is 59.6 Å². The van der Waals surface area contributed by atoms with Gasteiger partial charge in [0.05, 0.1) is 0 Å². The van der Waals surface area contributed by atoms with Gasteiger partial charge >= 0.3 is 10.1 Å². The van der Waals surface area contributed by atoms with E-state index in [4.69, 9.17) is 0 Å². The molecular formula is C19H20NO4S-. The Kier molecular flexibility index (Phi) is 5.11. The number of likely N-dealkylation sites (tertiary alicyclic amines) is 1. The second kappa shape index (κ2) is 7.29. The van der Waals surface area contributed by atoms with Crippen LogP contribution in [-0.4, -0.2) is 31.0 Å². The van der Waals surface area contributed by atoms with Crippen molar-refractivity contribution in [2.24, 2.45) is 0 Å². The summed E-state index contributed by atoms with van der Waals surface area (Å²) in [6.07, 6.45) is 2.60. The maximum Gasteiger partial charge on any atom is 0.309 e. The molecular weight excluding hydrogens is 338 g/mol. The van der Waals surface area contributed by atoms with Crippen molar-refractivity contribution < 1.29 is 18.1 Å². The lowest BCUT2D eigenvalue weighted by molar-refractivity contribution is -0.245. The third-order valence-electron chi connectivity index (χ3n) is 4.34. The molecule has 132 valence electrons. The van der Waals surface area contributed by atoms with Crippen LogP contribution < -0.4 is 5.11 Å². The van der Waals surface area contributed by atoms with Crippen molar-refractivity contribution in [1.82, 2.24) is 4.90 Å². The van der Waals surface area contributed by atoms with Gasteiger partial charge in [0.1, 0.15) is 0 Å². The van der Waals surface area contributed by atoms with Crippen molar-refractivity contribution in [2.45, 2.75) is 19.3 Å². The van der Waals surface area contributed by atoms with Crippen molar-refractivity contribution in [1.29, 1.82) is 0 Å². The monoisotopic (exact) mass is 358 g/mol. The van der Waals surface area contributed by atoms with Crippen LogP contribution >= 0.6 is 0 Å². The van der Waals surface area contributed by atoms with Gasteiger partial charge < -0.3 is 10.0 Å². The first-order chi connectivity index (χ1) is 12.0. The molecule has 0 spiro atoms. The van der Waals surface area contributed by atoms with Crippen LogP contribution in [-0.2, 0) is 10.1 Å². The SMILES string of the molecule is O=S(=O)(O)/C(=C(\[O-])c1ccc(-c2ccccc2)cc1)N1CCCCC1. The van der Waals surface area contributed by atoms with Gasteiger partial charge in [0, 0.05) is 13.1 Å². The van der Waals surface area contributed by atoms with Gasteiger partial charge in [0.15, 0.2) is 5.03 Å². The summed E-state index contributed by atoms with van der Waals surface area (Å²) in [7, 11) is -4.58. The normalized spacial score (nSPS) is 16.4. The fourth-order valence-electron chi connectivity index (χ4n) is 3.09. The van der Waals surface area contributed by atoms with E-state index >= 15 is 0 Å². The Morgan fingerprint density at radius 1 is 0.880 bits per heavy atom. The summed E-state index contributed by atoms with van der Waals surface area (Å²) in [6, 6.07) is 16.4. The second-order valence-electron chi connectivity index (χ2n) is 6.10. The van der Waals surface area contributed by atoms with E-state index in [2.05, 4.69) is 0 Å². The molecule has 2 aromatic rings. The van der Waals surface area contributed by atoms with Crippen LogP contribution in [0.2, 0.25) is 0 Å². The van der Waals surface area contributed by atoms with Crippen molar-refractivity contribution in [3.8, 4) is 11.1 Å². The molecule has 1 aliphatic heterocycles. The minimum atomic E-state index is -4.58. The predicted octanol–water partition coefficient (Wildman–Crippen LogP) is 2.71. The first-order valence-electron chi connectivity index (χ1n) is 8.26. The van der Waals surface area contributed by atoms with Crippen LogP contribution in [0, 0.1) is 0 Å². The molecule has 25 heavy (non-hydrogen) atoms. The van der Waals surface area contributed by atoms with Gasteiger partial charge in [-0.05, 0) is 36.0 Å². The standard InChI is InChI=1S/C19H21NO4S/c21-18(19(25(22,23)24)20-13-5-2-6-14-20)17-11-9-16(10-12-17)15-7-3-1-4-8-15/h1,3-4,7-12,21H,2,5-6,13-14H2,(H,22,23,24)/p-1/b19-18-. The highest BCUT2D eigenvalue weighted by atomic mass is 32.2. The molecule has 5 nitrogen and oxygen atoms in total. The van der Waals surface area contributed by atoms with E-state index in [1.54, 1.807) is 24.3 Å². The van der Waals surface area contributed by atoms with E-state index in [1.807, 2.05) is 30.3 Å². The molecule has 0 saturated carbocycles. The van der Waals surface area contributed by atoms with Crippen molar-refractivity contribution in [2.75, 3.05) is 13.1 Å². The maximum atomic E-state index is 12.7. The molecule has 1 aliphatic rings. The lowest BCUT2D eigenvalue weighted by Gasteiger charge is -2.32. The third kappa shape index (κ3) is 4.03. The van der Waals surface area contributed by atoms with Gasteiger partial charge in [0.25, 0.3) is 0 Å². The van der Waals surface area contributed by atoms with Crippen LogP contribution in [0.1, 0.15) is 24.8 Å². The summed E-state index contributed by atoms with van der Waals surface area (Å²) in [5.41, 5.74) is 2.19. The van der Waals surface area contributed by atoms with E-state index in [0.29, 0.717) is 13.1 Å². The van der Waals surface area contributed by atoms with Crippen LogP contribution in [0.5, 0.6) is 0 Å². The fraction of sp³-hybridized carbons (Fsp3) is 0.263. The van der Waals surface area contributed by atoms with Crippen molar-refractivity contribution in [3.05, 3.63) is 65.2 Å². The summed E-state index contributed by atoms with van der Waals surface area (Å²) in [6.45, 7) is 0.923. The molecule has 0 bridgehead atoms. The zero-order valence-electron chi connectivity index (χ0n) is 13.8. The highest BCUT2D eigenvalue weighted by Crippen LogP contribution is 2.26. The van der Waals surface area contributed by atoms with Gasteiger partial charge in [-0.1, -0.05) is 60.4 Å². The predicted molar refractivity (Wildman–Crippen MR) is 95.8 cm³/mol. The quantitative estimate of drug-likeness (QED) is 0.671. The minimum Gasteiger partial charge on any atom is -0.870 e. The molecule has 0 unspecified atom stereocenters. The van der Waals surface area contributed by atoms with Crippen LogP contribution in [0.25, 0.3) is 16.9 Å². The molecule has 2 aromatic carbocycles. The minimum absolute atomic E-state index is 0.248. The maximum absolute atomic E-state index is 12.7. The van der Waals surface area contributed by atoms with E-state index in [9.17, 15) is 18.1 Å². The molecule has 1 heterocycles. The Balaban J connectivity index is 1.98. The Bertz CT molecular complexity index is 852. The highest BCUT2D eigenvalue weighted by molar-refractivity contribution is 7.89. The molecule has 0 atom stereocenters. The van der Waals surface area contributed by atoms with Crippen LogP contribution in [0.3, 0.4) is 0 Å². The first kappa shape index (κ1) is 17.5. The lowest BCUT2D eigenvalue weighted by Crippen LogP contribution is -2.35. The smallest absolute Gasteiger partial charge is 0.309 e. The third-order valence-corrected chi connectivity index (χ3v) is 5.27. The largest absolute Gasteiger partial charge is 0.870 e. The molecule has 0 amide bonds. The van der Waals surface area contributed by atoms with Gasteiger partial charge in [-0.2, -0.15) is 8.42 Å². The summed E-state index contributed by atoms with van der Waals surface area (Å²) >= 11 is 0. The molecule has 3 rings (SSSR count). The van der Waals surface area contributed by atoms with E-state index in [0.717, 1.165) is 30.4 Å². The summed E-state index contributed by atoms with van der Waals surface area (Å²) in [4.78, 5) is 1.48. The van der Waals surface area contributed by atoms with Crippen molar-refractivity contribution in [3.63, 3.8) is 0 Å². The number of nitrogens with zero attached hydrogens (tertiary/aromatic N) is 1. The molecule has 1 fully saturated rings. The second-order valence-corrected chi connectivity index (χ2v) is 7.44. The molecule has 6 heteroatoms. The number of hydrogen-bond donors (Lipinski definition) is 1. The Morgan fingerprint density at radius 2 is 1.44 bits per heavy atom. The van der Waals surface area contributed by atoms with Gasteiger partial charge in [-0.25, -0.2) is 0 Å². The molecule has 1 N–H and O–H groups in total.